The first-order chi connectivity index (χ1) is 14.0. The van der Waals surface area contributed by atoms with E-state index in [0.717, 1.165) is 11.3 Å². The highest BCUT2D eigenvalue weighted by atomic mass is 16.5. The normalized spacial score (nSPS) is 12.6. The van der Waals surface area contributed by atoms with Crippen molar-refractivity contribution in [2.24, 2.45) is 0 Å². The van der Waals surface area contributed by atoms with Gasteiger partial charge >= 0.3 is 0 Å². The van der Waals surface area contributed by atoms with Gasteiger partial charge in [-0.1, -0.05) is 11.2 Å². The average molecular weight is 393 g/mol. The topological polar surface area (TPSA) is 103 Å². The Morgan fingerprint density at radius 3 is 2.90 bits per heavy atom. The van der Waals surface area contributed by atoms with Crippen LogP contribution >= 0.6 is 0 Å². The second-order valence-corrected chi connectivity index (χ2v) is 6.62. The number of hydrogen-bond acceptors (Lipinski definition) is 6. The number of benzene rings is 2. The molecule has 2 N–H and O–H groups in total. The van der Waals surface area contributed by atoms with Crippen molar-refractivity contribution < 1.29 is 23.6 Å². The highest BCUT2D eigenvalue weighted by molar-refractivity contribution is 6.05. The summed E-state index contributed by atoms with van der Waals surface area (Å²) in [6, 6.07) is 12.0. The third-order valence-corrected chi connectivity index (χ3v) is 4.53. The zero-order valence-electron chi connectivity index (χ0n) is 15.9. The summed E-state index contributed by atoms with van der Waals surface area (Å²) in [4.78, 5) is 24.1. The summed E-state index contributed by atoms with van der Waals surface area (Å²) in [5, 5.41) is 9.43. The van der Waals surface area contributed by atoms with Crippen LogP contribution in [0.15, 0.2) is 47.0 Å². The molecule has 0 aliphatic carbocycles. The number of rotatable bonds is 5. The van der Waals surface area contributed by atoms with Crippen molar-refractivity contribution in [3.8, 4) is 11.5 Å². The predicted octanol–water partition coefficient (Wildman–Crippen LogP) is 3.45. The second kappa shape index (κ2) is 7.67. The number of nitrogens with one attached hydrogen (secondary N) is 2. The minimum atomic E-state index is -0.296. The summed E-state index contributed by atoms with van der Waals surface area (Å²) >= 11 is 0. The Balaban J connectivity index is 1.45. The summed E-state index contributed by atoms with van der Waals surface area (Å²) in [7, 11) is 0. The quantitative estimate of drug-likeness (QED) is 0.688. The number of carbonyl (C=O) groups excluding carboxylic acids is 2. The van der Waals surface area contributed by atoms with Crippen LogP contribution in [0.1, 0.15) is 27.4 Å². The zero-order chi connectivity index (χ0) is 20.4. The number of hydrogen-bond donors (Lipinski definition) is 2. The molecule has 2 heterocycles. The molecule has 1 aliphatic rings. The largest absolute Gasteiger partial charge is 0.489 e. The molecule has 0 fully saturated rings. The third kappa shape index (κ3) is 4.06. The van der Waals surface area contributed by atoms with Gasteiger partial charge in [-0.3, -0.25) is 9.59 Å². The van der Waals surface area contributed by atoms with E-state index in [4.69, 9.17) is 14.0 Å². The summed E-state index contributed by atoms with van der Waals surface area (Å²) in [6.45, 7) is 3.97. The minimum absolute atomic E-state index is 0.0145. The summed E-state index contributed by atoms with van der Waals surface area (Å²) < 4.78 is 16.2. The van der Waals surface area contributed by atoms with E-state index in [1.54, 1.807) is 42.5 Å². The molecule has 2 aromatic carbocycles. The van der Waals surface area contributed by atoms with Crippen LogP contribution in [-0.4, -0.2) is 23.6 Å². The van der Waals surface area contributed by atoms with E-state index in [1.807, 2.05) is 13.8 Å². The van der Waals surface area contributed by atoms with Gasteiger partial charge in [0, 0.05) is 11.3 Å². The van der Waals surface area contributed by atoms with Gasteiger partial charge < -0.3 is 24.6 Å². The molecule has 0 radical (unpaired) electrons. The number of aromatic nitrogens is 1. The first kappa shape index (κ1) is 18.5. The highest BCUT2D eigenvalue weighted by Crippen LogP contribution is 2.30. The Morgan fingerprint density at radius 2 is 2.10 bits per heavy atom. The molecule has 0 bridgehead atoms. The number of nitrogens with zero attached hydrogens (tertiary/aromatic N) is 1. The molecule has 8 nitrogen and oxygen atoms in total. The predicted molar refractivity (Wildman–Crippen MR) is 105 cm³/mol. The Labute approximate surface area is 166 Å². The lowest BCUT2D eigenvalue weighted by atomic mass is 10.2. The van der Waals surface area contributed by atoms with Gasteiger partial charge in [0.05, 0.1) is 16.9 Å². The standard InChI is InChI=1S/C21H19N3O5/c1-12-17(13(2)29-24-12)10-27-16-5-3-4-14(8-16)21(26)22-15-6-7-19-18(9-15)23-20(25)11-28-19/h3-9H,10-11H2,1-2H3,(H,22,26)(H,23,25). The lowest BCUT2D eigenvalue weighted by molar-refractivity contribution is -0.118. The van der Waals surface area contributed by atoms with Crippen LogP contribution in [-0.2, 0) is 11.4 Å². The monoisotopic (exact) mass is 393 g/mol. The molecule has 4 rings (SSSR count). The van der Waals surface area contributed by atoms with E-state index in [9.17, 15) is 9.59 Å². The minimum Gasteiger partial charge on any atom is -0.489 e. The molecular formula is C21H19N3O5. The summed E-state index contributed by atoms with van der Waals surface area (Å²) in [6.07, 6.45) is 0. The molecule has 148 valence electrons. The molecule has 8 heteroatoms. The van der Waals surface area contributed by atoms with E-state index in [0.29, 0.717) is 40.8 Å². The van der Waals surface area contributed by atoms with Crippen LogP contribution in [0.2, 0.25) is 0 Å². The maximum atomic E-state index is 12.6. The molecule has 29 heavy (non-hydrogen) atoms. The van der Waals surface area contributed by atoms with Crippen molar-refractivity contribution in [3.63, 3.8) is 0 Å². The fraction of sp³-hybridized carbons (Fsp3) is 0.190. The lowest BCUT2D eigenvalue weighted by Crippen LogP contribution is -2.25. The highest BCUT2D eigenvalue weighted by Gasteiger charge is 2.17. The maximum Gasteiger partial charge on any atom is 0.262 e. The molecule has 2 amide bonds. The third-order valence-electron chi connectivity index (χ3n) is 4.53. The zero-order valence-corrected chi connectivity index (χ0v) is 15.9. The van der Waals surface area contributed by atoms with Gasteiger partial charge in [-0.05, 0) is 50.2 Å². The van der Waals surface area contributed by atoms with Crippen molar-refractivity contribution in [2.45, 2.75) is 20.5 Å². The molecule has 1 aliphatic heterocycles. The maximum absolute atomic E-state index is 12.6. The Hall–Kier alpha value is -3.81. The van der Waals surface area contributed by atoms with Gasteiger partial charge in [-0.25, -0.2) is 0 Å². The SMILES string of the molecule is Cc1noc(C)c1COc1cccc(C(=O)Nc2ccc3c(c2)NC(=O)CO3)c1. The van der Waals surface area contributed by atoms with E-state index >= 15 is 0 Å². The van der Waals surface area contributed by atoms with Crippen LogP contribution in [0.4, 0.5) is 11.4 Å². The first-order valence-electron chi connectivity index (χ1n) is 9.02. The van der Waals surface area contributed by atoms with Crippen molar-refractivity contribution in [1.29, 1.82) is 0 Å². The Morgan fingerprint density at radius 1 is 1.24 bits per heavy atom. The molecular weight excluding hydrogens is 374 g/mol. The lowest BCUT2D eigenvalue weighted by Gasteiger charge is -2.18. The molecule has 0 saturated heterocycles. The molecule has 0 saturated carbocycles. The van der Waals surface area contributed by atoms with E-state index in [2.05, 4.69) is 15.8 Å². The first-order valence-corrected chi connectivity index (χ1v) is 9.02. The molecule has 3 aromatic rings. The number of amides is 2. The number of fused-ring (bicyclic) bond motifs is 1. The van der Waals surface area contributed by atoms with Gasteiger partial charge in [0.15, 0.2) is 6.61 Å². The molecule has 0 atom stereocenters. The van der Waals surface area contributed by atoms with Crippen molar-refractivity contribution in [3.05, 3.63) is 65.0 Å². The average Bonchev–Trinajstić information content (AvgIpc) is 3.04. The fourth-order valence-corrected chi connectivity index (χ4v) is 2.95. The van der Waals surface area contributed by atoms with Crippen molar-refractivity contribution >= 4 is 23.2 Å². The molecule has 1 aromatic heterocycles. The summed E-state index contributed by atoms with van der Waals surface area (Å²) in [5.74, 6) is 1.31. The van der Waals surface area contributed by atoms with Crippen molar-refractivity contribution in [1.82, 2.24) is 5.16 Å². The molecule has 0 unspecified atom stereocenters. The number of carbonyl (C=O) groups is 2. The van der Waals surface area contributed by atoms with Gasteiger partial charge in [-0.15, -0.1) is 0 Å². The molecule has 0 spiro atoms. The number of ether oxygens (including phenoxy) is 2. The van der Waals surface area contributed by atoms with Crippen molar-refractivity contribution in [2.75, 3.05) is 17.2 Å². The van der Waals surface area contributed by atoms with E-state index in [-0.39, 0.29) is 18.4 Å². The number of anilines is 2. The van der Waals surface area contributed by atoms with Crippen LogP contribution in [0.25, 0.3) is 0 Å². The van der Waals surface area contributed by atoms with Gasteiger partial charge in [0.25, 0.3) is 11.8 Å². The van der Waals surface area contributed by atoms with Crippen LogP contribution in [0, 0.1) is 13.8 Å². The summed E-state index contributed by atoms with van der Waals surface area (Å²) in [5.41, 5.74) is 3.18. The van der Waals surface area contributed by atoms with Crippen LogP contribution in [0.5, 0.6) is 11.5 Å². The van der Waals surface area contributed by atoms with Crippen LogP contribution < -0.4 is 20.1 Å². The van der Waals surface area contributed by atoms with Crippen LogP contribution in [0.3, 0.4) is 0 Å². The van der Waals surface area contributed by atoms with Gasteiger partial charge in [0.2, 0.25) is 0 Å². The number of aryl methyl sites for hydroxylation is 2. The van der Waals surface area contributed by atoms with Gasteiger partial charge in [-0.2, -0.15) is 0 Å². The van der Waals surface area contributed by atoms with E-state index in [1.165, 1.54) is 0 Å². The fourth-order valence-electron chi connectivity index (χ4n) is 2.95. The Kier molecular flexibility index (Phi) is 4.90. The van der Waals surface area contributed by atoms with Gasteiger partial charge in [0.1, 0.15) is 23.9 Å². The smallest absolute Gasteiger partial charge is 0.262 e. The Bertz CT molecular complexity index is 1070. The van der Waals surface area contributed by atoms with E-state index < -0.39 is 0 Å². The second-order valence-electron chi connectivity index (χ2n) is 6.62.